The van der Waals surface area contributed by atoms with Gasteiger partial charge >= 0.3 is 5.97 Å². The van der Waals surface area contributed by atoms with Crippen LogP contribution in [0.25, 0.3) is 11.3 Å². The summed E-state index contributed by atoms with van der Waals surface area (Å²) in [5.74, 6) is 0.196. The zero-order valence-electron chi connectivity index (χ0n) is 21.5. The maximum Gasteiger partial charge on any atom is 0.338 e. The number of non-ortho nitro benzene ring substituents is 1. The number of nitro groups is 1. The van der Waals surface area contributed by atoms with Gasteiger partial charge in [0.2, 0.25) is 0 Å². The molecule has 0 unspecified atom stereocenters. The standard InChI is InChI=1S/C27H25N5O7S/c1-3-37-26(34)24-16(2)29-27(40)30-25(24)20-6-4-5-7-22(20)38-15-23(33)31-28-14-19-12-13-21(39-19)17-8-10-18(11-9-17)32(35)36/h4-14,25H,3,15H2,1-2H3,(H,31,33)(H2,29,30,40)/t25-/m0/s1. The van der Waals surface area contributed by atoms with E-state index in [0.717, 1.165) is 0 Å². The summed E-state index contributed by atoms with van der Waals surface area (Å²) in [6, 6.07) is 15.6. The molecule has 0 spiro atoms. The second-order valence-electron chi connectivity index (χ2n) is 8.42. The lowest BCUT2D eigenvalue weighted by atomic mass is 9.95. The van der Waals surface area contributed by atoms with Crippen molar-refractivity contribution in [3.8, 4) is 17.1 Å². The van der Waals surface area contributed by atoms with Crippen LogP contribution in [0, 0.1) is 10.1 Å². The van der Waals surface area contributed by atoms with E-state index in [9.17, 15) is 19.7 Å². The van der Waals surface area contributed by atoms with Gasteiger partial charge in [0.15, 0.2) is 11.7 Å². The van der Waals surface area contributed by atoms with Gasteiger partial charge in [0, 0.05) is 29.0 Å². The minimum absolute atomic E-state index is 0.0221. The lowest BCUT2D eigenvalue weighted by Gasteiger charge is -2.30. The summed E-state index contributed by atoms with van der Waals surface area (Å²) in [5.41, 5.74) is 4.51. The smallest absolute Gasteiger partial charge is 0.338 e. The summed E-state index contributed by atoms with van der Waals surface area (Å²) in [5, 5.41) is 21.1. The Balaban J connectivity index is 1.38. The average molecular weight is 564 g/mol. The van der Waals surface area contributed by atoms with Gasteiger partial charge in [-0.2, -0.15) is 5.10 Å². The number of amides is 1. The highest BCUT2D eigenvalue weighted by molar-refractivity contribution is 7.80. The number of ether oxygens (including phenoxy) is 2. The molecule has 0 aliphatic carbocycles. The molecule has 0 saturated heterocycles. The minimum Gasteiger partial charge on any atom is -0.483 e. The van der Waals surface area contributed by atoms with Gasteiger partial charge in [-0.3, -0.25) is 14.9 Å². The van der Waals surface area contributed by atoms with Gasteiger partial charge in [-0.25, -0.2) is 10.2 Å². The van der Waals surface area contributed by atoms with Crippen molar-refractivity contribution in [1.82, 2.24) is 16.1 Å². The van der Waals surface area contributed by atoms with E-state index < -0.39 is 22.8 Å². The first-order valence-electron chi connectivity index (χ1n) is 12.1. The second kappa shape index (κ2) is 12.7. The number of furan rings is 1. The SMILES string of the molecule is CCOC(=O)C1=C(C)NC(=S)N[C@H]1c1ccccc1OCC(=O)NN=Cc1ccc(-c2ccc([N+](=O)[O-])cc2)o1. The number of esters is 1. The maximum absolute atomic E-state index is 12.7. The van der Waals surface area contributed by atoms with Crippen molar-refractivity contribution in [3.63, 3.8) is 0 Å². The fourth-order valence-electron chi connectivity index (χ4n) is 3.93. The molecular formula is C27H25N5O7S. The Bertz CT molecular complexity index is 1500. The van der Waals surface area contributed by atoms with Crippen molar-refractivity contribution >= 4 is 41.1 Å². The van der Waals surface area contributed by atoms with Crippen LogP contribution >= 0.6 is 12.2 Å². The number of nitrogens with one attached hydrogen (secondary N) is 3. The highest BCUT2D eigenvalue weighted by Gasteiger charge is 2.32. The third-order valence-electron chi connectivity index (χ3n) is 5.72. The molecule has 4 rings (SSSR count). The van der Waals surface area contributed by atoms with Gasteiger partial charge in [-0.1, -0.05) is 18.2 Å². The zero-order chi connectivity index (χ0) is 28.6. The minimum atomic E-state index is -0.644. The molecule has 1 aliphatic heterocycles. The highest BCUT2D eigenvalue weighted by Crippen LogP contribution is 2.33. The van der Waals surface area contributed by atoms with Gasteiger partial charge in [-0.05, 0) is 56.4 Å². The molecule has 1 amide bonds. The molecule has 13 heteroatoms. The summed E-state index contributed by atoms with van der Waals surface area (Å²) in [7, 11) is 0. The lowest BCUT2D eigenvalue weighted by molar-refractivity contribution is -0.384. The van der Waals surface area contributed by atoms with Crippen molar-refractivity contribution in [2.75, 3.05) is 13.2 Å². The normalized spacial score (nSPS) is 14.8. The average Bonchev–Trinajstić information content (AvgIpc) is 3.40. The monoisotopic (exact) mass is 563 g/mol. The fourth-order valence-corrected chi connectivity index (χ4v) is 4.20. The van der Waals surface area contributed by atoms with Crippen LogP contribution in [0.3, 0.4) is 0 Å². The molecule has 1 atom stereocenters. The molecule has 2 heterocycles. The number of rotatable bonds is 10. The molecule has 1 aromatic heterocycles. The molecule has 0 bridgehead atoms. The number of carbonyl (C=O) groups is 2. The largest absolute Gasteiger partial charge is 0.483 e. The number of carbonyl (C=O) groups excluding carboxylic acids is 2. The van der Waals surface area contributed by atoms with E-state index in [2.05, 4.69) is 21.2 Å². The molecule has 206 valence electrons. The van der Waals surface area contributed by atoms with E-state index >= 15 is 0 Å². The molecule has 3 N–H and O–H groups in total. The number of hydrazone groups is 1. The predicted molar refractivity (Wildman–Crippen MR) is 149 cm³/mol. The molecule has 1 aliphatic rings. The molecule has 0 radical (unpaired) electrons. The van der Waals surface area contributed by atoms with Crippen LogP contribution in [0.15, 0.2) is 81.5 Å². The Labute approximate surface area is 234 Å². The summed E-state index contributed by atoms with van der Waals surface area (Å²) in [6.07, 6.45) is 1.32. The van der Waals surface area contributed by atoms with Crippen LogP contribution < -0.4 is 20.8 Å². The molecule has 2 aromatic carbocycles. The first-order valence-corrected chi connectivity index (χ1v) is 12.5. The van der Waals surface area contributed by atoms with Crippen molar-refractivity contribution in [2.45, 2.75) is 19.9 Å². The number of allylic oxidation sites excluding steroid dienone is 1. The Morgan fingerprint density at radius 2 is 1.93 bits per heavy atom. The summed E-state index contributed by atoms with van der Waals surface area (Å²) in [4.78, 5) is 35.4. The molecular weight excluding hydrogens is 538 g/mol. The van der Waals surface area contributed by atoms with Gasteiger partial charge in [0.25, 0.3) is 11.6 Å². The van der Waals surface area contributed by atoms with E-state index in [1.54, 1.807) is 62.4 Å². The third kappa shape index (κ3) is 6.69. The molecule has 12 nitrogen and oxygen atoms in total. The van der Waals surface area contributed by atoms with Crippen LogP contribution in [0.2, 0.25) is 0 Å². The molecule has 0 fully saturated rings. The number of para-hydroxylation sites is 1. The summed E-state index contributed by atoms with van der Waals surface area (Å²) < 4.78 is 16.7. The molecule has 0 saturated carbocycles. The van der Waals surface area contributed by atoms with Crippen LogP contribution in [-0.2, 0) is 14.3 Å². The van der Waals surface area contributed by atoms with Crippen molar-refractivity contribution in [2.24, 2.45) is 5.10 Å². The Kier molecular flexibility index (Phi) is 8.86. The van der Waals surface area contributed by atoms with Crippen LogP contribution in [0.1, 0.15) is 31.2 Å². The van der Waals surface area contributed by atoms with Gasteiger partial charge in [0.05, 0.1) is 29.4 Å². The summed E-state index contributed by atoms with van der Waals surface area (Å²) >= 11 is 5.28. The van der Waals surface area contributed by atoms with E-state index in [0.29, 0.717) is 44.8 Å². The van der Waals surface area contributed by atoms with Crippen molar-refractivity contribution in [1.29, 1.82) is 0 Å². The van der Waals surface area contributed by atoms with Gasteiger partial charge in [0.1, 0.15) is 17.3 Å². The number of nitrogens with zero attached hydrogens (tertiary/aromatic N) is 2. The second-order valence-corrected chi connectivity index (χ2v) is 8.82. The number of hydrogen-bond acceptors (Lipinski definition) is 9. The quantitative estimate of drug-likeness (QED) is 0.109. The van der Waals surface area contributed by atoms with E-state index in [-0.39, 0.29) is 18.9 Å². The highest BCUT2D eigenvalue weighted by atomic mass is 32.1. The fraction of sp³-hybridized carbons (Fsp3) is 0.185. The first kappa shape index (κ1) is 28.0. The topological polar surface area (TPSA) is 157 Å². The van der Waals surface area contributed by atoms with E-state index in [4.69, 9.17) is 26.1 Å². The Hall–Kier alpha value is -5.04. The van der Waals surface area contributed by atoms with E-state index in [1.807, 2.05) is 0 Å². The van der Waals surface area contributed by atoms with E-state index in [1.165, 1.54) is 18.3 Å². The lowest BCUT2D eigenvalue weighted by Crippen LogP contribution is -2.45. The predicted octanol–water partition coefficient (Wildman–Crippen LogP) is 3.74. The van der Waals surface area contributed by atoms with Gasteiger partial charge in [-0.15, -0.1) is 0 Å². The Morgan fingerprint density at radius 1 is 1.18 bits per heavy atom. The van der Waals surface area contributed by atoms with Crippen molar-refractivity contribution < 1.29 is 28.4 Å². The molecule has 3 aromatic rings. The zero-order valence-corrected chi connectivity index (χ0v) is 22.3. The molecule has 40 heavy (non-hydrogen) atoms. The third-order valence-corrected chi connectivity index (χ3v) is 5.94. The van der Waals surface area contributed by atoms with Gasteiger partial charge < -0.3 is 24.5 Å². The van der Waals surface area contributed by atoms with Crippen molar-refractivity contribution in [3.05, 3.63) is 93.4 Å². The number of nitro benzene ring substituents is 1. The Morgan fingerprint density at radius 3 is 2.65 bits per heavy atom. The van der Waals surface area contributed by atoms with Crippen LogP contribution in [0.5, 0.6) is 5.75 Å². The summed E-state index contributed by atoms with van der Waals surface area (Å²) in [6.45, 7) is 3.31. The number of hydrogen-bond donors (Lipinski definition) is 3. The first-order chi connectivity index (χ1) is 19.3. The number of benzene rings is 2. The maximum atomic E-state index is 12.7. The number of thiocarbonyl (C=S) groups is 1. The van der Waals surface area contributed by atoms with Crippen LogP contribution in [-0.4, -0.2) is 41.3 Å². The van der Waals surface area contributed by atoms with Crippen LogP contribution in [0.4, 0.5) is 5.69 Å².